The summed E-state index contributed by atoms with van der Waals surface area (Å²) in [6.45, 7) is 0.543. The predicted octanol–water partition coefficient (Wildman–Crippen LogP) is 0.0276. The van der Waals surface area contributed by atoms with Gasteiger partial charge in [0.15, 0.2) is 28.7 Å². The van der Waals surface area contributed by atoms with Gasteiger partial charge in [0.05, 0.1) is 12.3 Å². The maximum atomic E-state index is 14.1. The largest absolute Gasteiger partial charge is 0.744 e. The summed E-state index contributed by atoms with van der Waals surface area (Å²) in [5, 5.41) is 22.6. The molecule has 4 aromatic rings. The number of benzene rings is 3. The number of H-pyrrole nitrogens is 1. The van der Waals surface area contributed by atoms with Gasteiger partial charge in [-0.2, -0.15) is 13.4 Å². The average Bonchev–Trinajstić information content (AvgIpc) is 3.80. The van der Waals surface area contributed by atoms with E-state index in [2.05, 4.69) is 25.6 Å². The van der Waals surface area contributed by atoms with Crippen LogP contribution >= 0.6 is 7.82 Å². The highest BCUT2D eigenvalue weighted by Crippen LogP contribution is 2.53. The van der Waals surface area contributed by atoms with Crippen LogP contribution in [0.3, 0.4) is 0 Å². The minimum absolute atomic E-state index is 0.000290. The topological polar surface area (TPSA) is 413 Å². The fraction of sp³-hybridized carbons (Fsp3) is 0.366. The van der Waals surface area contributed by atoms with Crippen molar-refractivity contribution in [3.63, 3.8) is 0 Å². The highest BCUT2D eigenvalue weighted by molar-refractivity contribution is 7.86. The van der Waals surface area contributed by atoms with Gasteiger partial charge >= 0.3 is 17.9 Å². The Bertz CT molecular complexity index is 3420. The maximum Gasteiger partial charge on any atom is 0.472 e. The molecule has 8 rings (SSSR count). The number of aliphatic hydroxyl groups is 1. The lowest BCUT2D eigenvalue weighted by Crippen LogP contribution is -2.47. The molecule has 5 atom stereocenters. The lowest BCUT2D eigenvalue weighted by molar-refractivity contribution is -0.176. The molecule has 1 aliphatic carbocycles. The Hall–Kier alpha value is -6.33. The van der Waals surface area contributed by atoms with Gasteiger partial charge in [-0.25, -0.2) is 18.0 Å². The monoisotopic (exact) mass is 1030 g/mol. The van der Waals surface area contributed by atoms with E-state index in [1.54, 1.807) is 12.1 Å². The number of hydrogen-bond donors (Lipinski definition) is 9. The number of fused-ring (bicyclic) bond motifs is 4. The third kappa shape index (κ3) is 10.00. The molecule has 12 N–H and O–H groups in total. The van der Waals surface area contributed by atoms with E-state index in [9.17, 15) is 54.9 Å². The van der Waals surface area contributed by atoms with Gasteiger partial charge in [0.25, 0.3) is 11.5 Å². The van der Waals surface area contributed by atoms with Gasteiger partial charge in [0.2, 0.25) is 28.1 Å². The van der Waals surface area contributed by atoms with Gasteiger partial charge in [-0.05, 0) is 49.1 Å². The number of anilines is 3. The van der Waals surface area contributed by atoms with Crippen molar-refractivity contribution in [1.29, 1.82) is 0 Å². The third-order valence-electron chi connectivity index (χ3n) is 11.7. The van der Waals surface area contributed by atoms with Crippen LogP contribution in [0.15, 0.2) is 67.5 Å². The summed E-state index contributed by atoms with van der Waals surface area (Å²) in [6, 6.07) is 11.2. The number of carbonyl (C=O) groups is 2. The number of aromatic amines is 1. The van der Waals surface area contributed by atoms with Crippen LogP contribution < -0.4 is 38.4 Å². The molecule has 0 bridgehead atoms. The Kier molecular flexibility index (Phi) is 13.9. The number of hydrogen-bond acceptors (Lipinski definition) is 19. The van der Waals surface area contributed by atoms with Crippen molar-refractivity contribution >= 4 is 79.6 Å². The molecule has 2 amide bonds. The molecule has 4 aliphatic rings. The molecular formula is C41H47N10O16PS2. The van der Waals surface area contributed by atoms with Crippen molar-refractivity contribution in [1.82, 2.24) is 29.7 Å². The number of phosphoric ester groups is 1. The van der Waals surface area contributed by atoms with E-state index < -0.39 is 96.2 Å². The number of aliphatic hydroxyl groups excluding tert-OH is 1. The summed E-state index contributed by atoms with van der Waals surface area (Å²) in [7, 11) is -13.3. The fourth-order valence-corrected chi connectivity index (χ4v) is 11.0. The molecule has 2 aromatic heterocycles. The van der Waals surface area contributed by atoms with Crippen LogP contribution in [0.4, 0.5) is 17.6 Å². The molecule has 70 heavy (non-hydrogen) atoms. The quantitative estimate of drug-likeness (QED) is 0.0191. The number of ether oxygens (including phenoxy) is 1. The first kappa shape index (κ1) is 50.1. The summed E-state index contributed by atoms with van der Waals surface area (Å²) >= 11 is 0. The lowest BCUT2D eigenvalue weighted by atomic mass is 9.90. The number of nitrogens with one attached hydrogen (secondary N) is 3. The number of amides is 2. The van der Waals surface area contributed by atoms with Gasteiger partial charge in [-0.15, -0.1) is 0 Å². The second-order valence-electron chi connectivity index (χ2n) is 16.5. The molecule has 2 fully saturated rings. The first-order valence-electron chi connectivity index (χ1n) is 21.5. The van der Waals surface area contributed by atoms with Crippen molar-refractivity contribution in [2.45, 2.75) is 72.9 Å². The van der Waals surface area contributed by atoms with Crippen LogP contribution in [0.25, 0.3) is 44.6 Å². The number of phosphoric acid groups is 1. The van der Waals surface area contributed by atoms with Crippen molar-refractivity contribution in [3.8, 4) is 22.5 Å². The van der Waals surface area contributed by atoms with Crippen LogP contribution in [0.2, 0.25) is 0 Å². The number of nitrogen functional groups attached to an aromatic ring is 2. The van der Waals surface area contributed by atoms with Crippen LogP contribution in [0.1, 0.15) is 55.1 Å². The zero-order valence-electron chi connectivity index (χ0n) is 36.9. The smallest absolute Gasteiger partial charge is 0.472 e. The number of rotatable bonds is 17. The molecule has 2 saturated heterocycles. The van der Waals surface area contributed by atoms with Gasteiger partial charge in [-0.1, -0.05) is 31.0 Å². The molecular weight excluding hydrogens is 984 g/mol. The Morgan fingerprint density at radius 1 is 1.01 bits per heavy atom. The normalized spacial score (nSPS) is 20.5. The molecule has 5 heterocycles. The molecule has 374 valence electrons. The molecule has 0 radical (unpaired) electrons. The molecule has 3 aliphatic heterocycles. The van der Waals surface area contributed by atoms with Crippen molar-refractivity contribution in [2.75, 3.05) is 50.1 Å². The molecule has 26 nitrogen and oxygen atoms in total. The molecule has 2 aromatic carbocycles. The second-order valence-corrected chi connectivity index (χ2v) is 20.6. The third-order valence-corrected chi connectivity index (χ3v) is 14.5. The van der Waals surface area contributed by atoms with Crippen molar-refractivity contribution in [3.05, 3.63) is 69.8 Å². The van der Waals surface area contributed by atoms with E-state index in [1.807, 2.05) is 0 Å². The van der Waals surface area contributed by atoms with Crippen LogP contribution in [0.5, 0.6) is 0 Å². The lowest BCUT2D eigenvalue weighted by Gasteiger charge is -2.27. The highest BCUT2D eigenvalue weighted by atomic mass is 32.2. The van der Waals surface area contributed by atoms with E-state index in [1.165, 1.54) is 46.8 Å². The summed E-state index contributed by atoms with van der Waals surface area (Å²) in [4.78, 5) is 59.8. The van der Waals surface area contributed by atoms with Crippen molar-refractivity contribution in [2.24, 2.45) is 0 Å². The summed E-state index contributed by atoms with van der Waals surface area (Å²) in [6.07, 6.45) is -1.76. The minimum atomic E-state index is -5.34. The van der Waals surface area contributed by atoms with Gasteiger partial charge in [0, 0.05) is 61.2 Å². The number of nitrogens with two attached hydrogens (primary N) is 3. The molecule has 0 spiro atoms. The maximum absolute atomic E-state index is 14.1. The second kappa shape index (κ2) is 19.5. The number of imidazole rings is 1. The minimum Gasteiger partial charge on any atom is -0.744 e. The average molecular weight is 1030 g/mol. The number of nitrogens with zero attached hydrogens (tertiary/aromatic N) is 4. The van der Waals surface area contributed by atoms with Gasteiger partial charge in [0.1, 0.15) is 33.3 Å². The fourth-order valence-electron chi connectivity index (χ4n) is 8.52. The molecule has 1 unspecified atom stereocenters. The van der Waals surface area contributed by atoms with E-state index in [0.717, 1.165) is 18.9 Å². The Labute approximate surface area is 396 Å². The number of aromatic nitrogens is 4. The zero-order chi connectivity index (χ0) is 50.4. The standard InChI is InChI=1S/C41H47N10O16PS2/c1-50(38(55)21-10-5-4-9-20(21)28-22-12-14-24(42)34(69(58,59)60)31(22)66-32-23(28)13-15-25(43)35(32)70(61,62)63)18-8-11-27(52)45-16-6-2-3-7-17-46-41-47-29-36(48-40(44)49-37(29)54)51(41)39-30(53)33-26(65-39)19-64-68(56,57)67-33/h4-5,9-10,12-15,26,30,33,39,42,53H,2-3,6-8,11,16-19,43H2,1H3,(H,45,52)(H,46,47)(H,56,57)(H,58,59,60)(H,61,62,63)(H3,44,48,49,54)/t26-,30-,33-,39-/m1/s1. The SMILES string of the molecule is CN(CCCC(=O)NCCCCCCNc1nc2c(=O)[nH]c(N)nc2n1[C@@H]1O[C@@H]2COP(=O)(O)O[C@H]2[C@H]1O)C(=O)c1ccccc1-c1c2ccc(=[NH2+])c(S(=O)(=O)O)c-2oc2c(S(=O)(=O)[O-])c(N)ccc12. The Balaban J connectivity index is 0.857. The summed E-state index contributed by atoms with van der Waals surface area (Å²) in [5.41, 5.74) is 10.2. The molecule has 0 saturated carbocycles. The Morgan fingerprint density at radius 2 is 1.74 bits per heavy atom. The van der Waals surface area contributed by atoms with Crippen LogP contribution in [-0.4, -0.2) is 124 Å². The number of unbranched alkanes of at least 4 members (excludes halogenated alkanes) is 3. The van der Waals surface area contributed by atoms with E-state index in [-0.39, 0.29) is 82.6 Å². The van der Waals surface area contributed by atoms with Crippen LogP contribution in [0, 0.1) is 0 Å². The molecule has 29 heteroatoms. The zero-order valence-corrected chi connectivity index (χ0v) is 39.5. The van der Waals surface area contributed by atoms with Crippen LogP contribution in [-0.2, 0) is 43.4 Å². The van der Waals surface area contributed by atoms with Crippen molar-refractivity contribution < 1.29 is 73.7 Å². The van der Waals surface area contributed by atoms with Gasteiger partial charge < -0.3 is 50.7 Å². The summed E-state index contributed by atoms with van der Waals surface area (Å²) < 4.78 is 108. The van der Waals surface area contributed by atoms with Gasteiger partial charge in [-0.3, -0.25) is 42.9 Å². The Morgan fingerprint density at radius 3 is 2.47 bits per heavy atom. The van der Waals surface area contributed by atoms with E-state index in [0.29, 0.717) is 25.9 Å². The predicted molar refractivity (Wildman–Crippen MR) is 245 cm³/mol. The summed E-state index contributed by atoms with van der Waals surface area (Å²) in [5.74, 6) is -1.45. The number of carbonyl (C=O) groups excluding carboxylic acids is 2. The van der Waals surface area contributed by atoms with E-state index >= 15 is 0 Å². The van der Waals surface area contributed by atoms with E-state index in [4.69, 9.17) is 35.1 Å². The highest BCUT2D eigenvalue weighted by Gasteiger charge is 2.53. The first-order valence-corrected chi connectivity index (χ1v) is 25.9. The first-order chi connectivity index (χ1) is 33.1.